The summed E-state index contributed by atoms with van der Waals surface area (Å²) in [5, 5.41) is 12.2. The van der Waals surface area contributed by atoms with Crippen molar-refractivity contribution in [3.8, 4) is 11.1 Å². The highest BCUT2D eigenvalue weighted by Gasteiger charge is 2.41. The van der Waals surface area contributed by atoms with E-state index in [1.807, 2.05) is 97.1 Å². The minimum atomic E-state index is -0.979. The highest BCUT2D eigenvalue weighted by atomic mass is 16.7. The standard InChI is InChI=1S/C42H45N3O8/c1-28-37(25-44-17-19-50-20-18-44)52-41(53-39(28)32-15-13-29(26-46)14-16-32)35-12-6-11-34(22-35)33-10-5-9-31(21-33)24-45-38(47)23-36(40(45)48)43-42(49)51-27-30-7-3-2-4-8-30/h2-16,21-22,28,36-37,39,41,46H,17-20,23-27H2,1H3,(H,43,49)/t28-,36?,37+,39+,41+/m0/s1. The molecule has 7 rings (SSSR count). The van der Waals surface area contributed by atoms with Crippen LogP contribution < -0.4 is 5.32 Å². The van der Waals surface area contributed by atoms with Crippen molar-refractivity contribution in [1.29, 1.82) is 0 Å². The molecule has 3 amide bonds. The zero-order valence-electron chi connectivity index (χ0n) is 29.8. The first-order valence-electron chi connectivity index (χ1n) is 18.2. The molecule has 53 heavy (non-hydrogen) atoms. The van der Waals surface area contributed by atoms with Crippen LogP contribution in [0, 0.1) is 5.92 Å². The van der Waals surface area contributed by atoms with Gasteiger partial charge in [0.15, 0.2) is 6.29 Å². The van der Waals surface area contributed by atoms with E-state index in [4.69, 9.17) is 18.9 Å². The van der Waals surface area contributed by atoms with E-state index in [0.29, 0.717) is 13.2 Å². The lowest BCUT2D eigenvalue weighted by molar-refractivity contribution is -0.277. The lowest BCUT2D eigenvalue weighted by Gasteiger charge is -2.43. The van der Waals surface area contributed by atoms with Crippen LogP contribution in [-0.4, -0.2) is 77.8 Å². The van der Waals surface area contributed by atoms with E-state index in [9.17, 15) is 19.5 Å². The van der Waals surface area contributed by atoms with Gasteiger partial charge in [0.25, 0.3) is 5.91 Å². The number of carbonyl (C=O) groups is 3. The van der Waals surface area contributed by atoms with Crippen molar-refractivity contribution < 1.29 is 38.4 Å². The van der Waals surface area contributed by atoms with Crippen molar-refractivity contribution in [2.75, 3.05) is 32.8 Å². The van der Waals surface area contributed by atoms with Gasteiger partial charge in [0.05, 0.1) is 45.0 Å². The molecule has 0 bridgehead atoms. The summed E-state index contributed by atoms with van der Waals surface area (Å²) in [7, 11) is 0. The molecule has 0 aliphatic carbocycles. The molecule has 11 heteroatoms. The first-order valence-corrected chi connectivity index (χ1v) is 18.2. The van der Waals surface area contributed by atoms with Gasteiger partial charge < -0.3 is 29.4 Å². The molecule has 3 aliphatic heterocycles. The molecule has 0 aromatic heterocycles. The first-order chi connectivity index (χ1) is 25.8. The molecule has 3 aliphatic rings. The van der Waals surface area contributed by atoms with Crippen molar-refractivity contribution in [1.82, 2.24) is 15.1 Å². The fourth-order valence-corrected chi connectivity index (χ4v) is 7.13. The van der Waals surface area contributed by atoms with Gasteiger partial charge in [0, 0.05) is 31.1 Å². The Labute approximate surface area is 309 Å². The van der Waals surface area contributed by atoms with Gasteiger partial charge in [-0.3, -0.25) is 19.4 Å². The quantitative estimate of drug-likeness (QED) is 0.193. The number of rotatable bonds is 11. The van der Waals surface area contributed by atoms with Crippen LogP contribution in [0.4, 0.5) is 4.79 Å². The van der Waals surface area contributed by atoms with E-state index >= 15 is 0 Å². The summed E-state index contributed by atoms with van der Waals surface area (Å²) < 4.78 is 24.3. The Kier molecular flexibility index (Phi) is 11.6. The van der Waals surface area contributed by atoms with Crippen molar-refractivity contribution in [2.24, 2.45) is 5.92 Å². The minimum Gasteiger partial charge on any atom is -0.445 e. The fourth-order valence-electron chi connectivity index (χ4n) is 7.13. The number of hydrogen-bond acceptors (Lipinski definition) is 9. The smallest absolute Gasteiger partial charge is 0.408 e. The summed E-state index contributed by atoms with van der Waals surface area (Å²) in [4.78, 5) is 42.2. The Hall–Kier alpha value is -4.91. The van der Waals surface area contributed by atoms with Crippen LogP contribution in [0.5, 0.6) is 0 Å². The zero-order chi connectivity index (χ0) is 36.7. The van der Waals surface area contributed by atoms with Crippen LogP contribution in [0.25, 0.3) is 11.1 Å². The van der Waals surface area contributed by atoms with Gasteiger partial charge in [-0.05, 0) is 45.5 Å². The van der Waals surface area contributed by atoms with E-state index in [1.54, 1.807) is 0 Å². The molecular formula is C42H45N3O8. The highest BCUT2D eigenvalue weighted by molar-refractivity contribution is 6.06. The fraction of sp³-hybridized carbons (Fsp3) is 0.357. The monoisotopic (exact) mass is 719 g/mol. The molecule has 276 valence electrons. The molecule has 5 atom stereocenters. The number of carbonyl (C=O) groups excluding carboxylic acids is 3. The van der Waals surface area contributed by atoms with Crippen LogP contribution in [-0.2, 0) is 48.3 Å². The number of hydrogen-bond donors (Lipinski definition) is 2. The average Bonchev–Trinajstić information content (AvgIpc) is 3.45. The lowest BCUT2D eigenvalue weighted by Crippen LogP contribution is -2.47. The van der Waals surface area contributed by atoms with Crippen molar-refractivity contribution in [3.63, 3.8) is 0 Å². The summed E-state index contributed by atoms with van der Waals surface area (Å²) >= 11 is 0. The molecule has 3 saturated heterocycles. The first kappa shape index (κ1) is 36.4. The molecule has 0 radical (unpaired) electrons. The average molecular weight is 720 g/mol. The molecule has 3 fully saturated rings. The molecule has 1 unspecified atom stereocenters. The summed E-state index contributed by atoms with van der Waals surface area (Å²) in [6.45, 7) is 6.16. The molecule has 4 aromatic rings. The molecule has 0 saturated carbocycles. The van der Waals surface area contributed by atoms with Gasteiger partial charge in [0.2, 0.25) is 5.91 Å². The van der Waals surface area contributed by atoms with E-state index in [2.05, 4.69) is 23.2 Å². The molecule has 3 heterocycles. The Balaban J connectivity index is 1.04. The topological polar surface area (TPSA) is 127 Å². The summed E-state index contributed by atoms with van der Waals surface area (Å²) in [5.74, 6) is -0.754. The number of aliphatic hydroxyl groups excluding tert-OH is 1. The lowest BCUT2D eigenvalue weighted by atomic mass is 9.89. The van der Waals surface area contributed by atoms with Crippen LogP contribution in [0.15, 0.2) is 103 Å². The molecule has 4 aromatic carbocycles. The van der Waals surface area contributed by atoms with Crippen molar-refractivity contribution in [3.05, 3.63) is 131 Å². The second-order valence-electron chi connectivity index (χ2n) is 13.8. The normalized spacial score (nSPS) is 23.6. The van der Waals surface area contributed by atoms with Crippen LogP contribution >= 0.6 is 0 Å². The van der Waals surface area contributed by atoms with Crippen LogP contribution in [0.3, 0.4) is 0 Å². The number of amides is 3. The third-order valence-corrected chi connectivity index (χ3v) is 10.2. The molecule has 11 nitrogen and oxygen atoms in total. The summed E-state index contributed by atoms with van der Waals surface area (Å²) in [5.41, 5.74) is 6.19. The van der Waals surface area contributed by atoms with E-state index in [1.165, 1.54) is 4.90 Å². The van der Waals surface area contributed by atoms with Crippen molar-refractivity contribution in [2.45, 2.75) is 57.6 Å². The Bertz CT molecular complexity index is 1880. The number of nitrogens with one attached hydrogen (secondary N) is 1. The van der Waals surface area contributed by atoms with Crippen LogP contribution in [0.2, 0.25) is 0 Å². The maximum absolute atomic E-state index is 13.2. The number of imide groups is 1. The molecule has 0 spiro atoms. The van der Waals surface area contributed by atoms with Crippen molar-refractivity contribution >= 4 is 17.9 Å². The van der Waals surface area contributed by atoms with Gasteiger partial charge >= 0.3 is 6.09 Å². The Morgan fingerprint density at radius 1 is 0.830 bits per heavy atom. The van der Waals surface area contributed by atoms with E-state index in [0.717, 1.165) is 58.6 Å². The van der Waals surface area contributed by atoms with Gasteiger partial charge in [0.1, 0.15) is 12.6 Å². The van der Waals surface area contributed by atoms with Gasteiger partial charge in [-0.1, -0.05) is 97.9 Å². The highest BCUT2D eigenvalue weighted by Crippen LogP contribution is 2.42. The maximum atomic E-state index is 13.2. The number of alkyl carbamates (subject to hydrolysis) is 1. The second-order valence-corrected chi connectivity index (χ2v) is 13.8. The SMILES string of the molecule is C[C@H]1[C@@H](CN2CCOCC2)O[C@@H](c2cccc(-c3cccc(CN4C(=O)CC(NC(=O)OCc5ccccc5)C4=O)c3)c2)O[C@H]1c1ccc(CO)cc1. The minimum absolute atomic E-state index is 0.0187. The van der Waals surface area contributed by atoms with Crippen LogP contribution in [0.1, 0.15) is 53.6 Å². The number of nitrogens with zero attached hydrogens (tertiary/aromatic N) is 2. The third-order valence-electron chi connectivity index (χ3n) is 10.2. The number of ether oxygens (including phenoxy) is 4. The third kappa shape index (κ3) is 8.84. The predicted molar refractivity (Wildman–Crippen MR) is 196 cm³/mol. The van der Waals surface area contributed by atoms with Gasteiger partial charge in [-0.15, -0.1) is 0 Å². The molecular weight excluding hydrogens is 674 g/mol. The Morgan fingerprint density at radius 2 is 1.55 bits per heavy atom. The van der Waals surface area contributed by atoms with E-state index in [-0.39, 0.29) is 50.2 Å². The molecule has 2 N–H and O–H groups in total. The number of morpholine rings is 1. The maximum Gasteiger partial charge on any atom is 0.408 e. The predicted octanol–water partition coefficient (Wildman–Crippen LogP) is 5.52. The summed E-state index contributed by atoms with van der Waals surface area (Å²) in [6, 6.07) is 31.9. The number of aliphatic hydroxyl groups is 1. The number of benzene rings is 4. The number of likely N-dealkylation sites (tertiary alicyclic amines) is 1. The zero-order valence-corrected chi connectivity index (χ0v) is 29.8. The van der Waals surface area contributed by atoms with Gasteiger partial charge in [-0.2, -0.15) is 0 Å². The Morgan fingerprint density at radius 3 is 2.30 bits per heavy atom. The van der Waals surface area contributed by atoms with E-state index < -0.39 is 24.3 Å². The summed E-state index contributed by atoms with van der Waals surface area (Å²) in [6.07, 6.45) is -1.81. The van der Waals surface area contributed by atoms with Gasteiger partial charge in [-0.25, -0.2) is 4.79 Å². The largest absolute Gasteiger partial charge is 0.445 e. The second kappa shape index (κ2) is 16.8.